The first kappa shape index (κ1) is 17.0. The maximum absolute atomic E-state index is 11.8. The van der Waals surface area contributed by atoms with Gasteiger partial charge >= 0.3 is 6.09 Å². The third kappa shape index (κ3) is 5.51. The molecule has 4 nitrogen and oxygen atoms in total. The topological polar surface area (TPSA) is 58.6 Å². The summed E-state index contributed by atoms with van der Waals surface area (Å²) in [4.78, 5) is 11.8. The van der Waals surface area contributed by atoms with Gasteiger partial charge in [0.1, 0.15) is 5.60 Å². The highest BCUT2D eigenvalue weighted by atomic mass is 79.9. The van der Waals surface area contributed by atoms with Crippen molar-refractivity contribution in [3.63, 3.8) is 0 Å². The average molecular weight is 344 g/mol. The lowest BCUT2D eigenvalue weighted by Crippen LogP contribution is -2.35. The summed E-state index contributed by atoms with van der Waals surface area (Å²) in [5.74, 6) is 0. The number of hydrogen-bond donors (Lipinski definition) is 2. The number of amides is 1. The summed E-state index contributed by atoms with van der Waals surface area (Å²) < 4.78 is 6.26. The molecule has 1 atom stereocenters. The average Bonchev–Trinajstić information content (AvgIpc) is 2.30. The van der Waals surface area contributed by atoms with E-state index in [1.54, 1.807) is 0 Å². The van der Waals surface area contributed by atoms with Gasteiger partial charge in [-0.05, 0) is 51.3 Å². The van der Waals surface area contributed by atoms with Gasteiger partial charge in [-0.1, -0.05) is 28.1 Å². The van der Waals surface area contributed by atoms with E-state index in [2.05, 4.69) is 21.2 Å². The predicted molar refractivity (Wildman–Crippen MR) is 82.7 cm³/mol. The number of aryl methyl sites for hydroxylation is 1. The first-order valence-corrected chi connectivity index (χ1v) is 7.38. The zero-order valence-electron chi connectivity index (χ0n) is 12.4. The van der Waals surface area contributed by atoms with Crippen LogP contribution in [0.4, 0.5) is 4.79 Å². The Hall–Kier alpha value is -1.07. The second-order valence-corrected chi connectivity index (χ2v) is 6.57. The fraction of sp³-hybridized carbons (Fsp3) is 0.533. The Bertz CT molecular complexity index is 469. The van der Waals surface area contributed by atoms with Gasteiger partial charge < -0.3 is 15.2 Å². The molecule has 1 amide bonds. The van der Waals surface area contributed by atoms with E-state index in [0.717, 1.165) is 15.6 Å². The number of ether oxygens (including phenoxy) is 1. The van der Waals surface area contributed by atoms with E-state index in [4.69, 9.17) is 9.84 Å². The molecular weight excluding hydrogens is 322 g/mol. The van der Waals surface area contributed by atoms with Crippen molar-refractivity contribution >= 4 is 22.0 Å². The van der Waals surface area contributed by atoms with Gasteiger partial charge in [0.25, 0.3) is 0 Å². The van der Waals surface area contributed by atoms with E-state index in [1.807, 2.05) is 45.9 Å². The van der Waals surface area contributed by atoms with Crippen molar-refractivity contribution < 1.29 is 14.6 Å². The summed E-state index contributed by atoms with van der Waals surface area (Å²) in [6.07, 6.45) is -0.0307. The van der Waals surface area contributed by atoms with Crippen molar-refractivity contribution in [2.24, 2.45) is 0 Å². The number of aliphatic hydroxyl groups excluding tert-OH is 1. The Morgan fingerprint density at radius 3 is 2.60 bits per heavy atom. The number of rotatable bonds is 4. The highest BCUT2D eigenvalue weighted by Crippen LogP contribution is 2.23. The molecule has 5 heteroatoms. The van der Waals surface area contributed by atoms with Crippen LogP contribution in [-0.4, -0.2) is 23.4 Å². The summed E-state index contributed by atoms with van der Waals surface area (Å²) in [5, 5.41) is 12.0. The maximum atomic E-state index is 11.8. The molecule has 0 aromatic heterocycles. The van der Waals surface area contributed by atoms with Gasteiger partial charge in [-0.25, -0.2) is 4.79 Å². The lowest BCUT2D eigenvalue weighted by molar-refractivity contribution is 0.0496. The second kappa shape index (κ2) is 7.09. The highest BCUT2D eigenvalue weighted by Gasteiger charge is 2.20. The van der Waals surface area contributed by atoms with Crippen LogP contribution in [0.15, 0.2) is 22.7 Å². The van der Waals surface area contributed by atoms with Gasteiger partial charge in [0.2, 0.25) is 0 Å². The molecule has 0 aliphatic rings. The quantitative estimate of drug-likeness (QED) is 0.876. The first-order valence-electron chi connectivity index (χ1n) is 6.59. The number of carbonyl (C=O) groups excluding carboxylic acids is 1. The third-order valence-electron chi connectivity index (χ3n) is 2.69. The van der Waals surface area contributed by atoms with Crippen molar-refractivity contribution in [2.75, 3.05) is 6.61 Å². The summed E-state index contributed by atoms with van der Waals surface area (Å²) >= 11 is 3.45. The van der Waals surface area contributed by atoms with Gasteiger partial charge in [-0.2, -0.15) is 0 Å². The van der Waals surface area contributed by atoms with Gasteiger partial charge in [0, 0.05) is 11.1 Å². The van der Waals surface area contributed by atoms with Gasteiger partial charge in [0.15, 0.2) is 0 Å². The molecule has 0 spiro atoms. The van der Waals surface area contributed by atoms with E-state index >= 15 is 0 Å². The van der Waals surface area contributed by atoms with Crippen LogP contribution >= 0.6 is 15.9 Å². The summed E-state index contributed by atoms with van der Waals surface area (Å²) in [6.45, 7) is 7.43. The number of nitrogens with one attached hydrogen (secondary N) is 1. The fourth-order valence-corrected chi connectivity index (χ4v) is 2.03. The number of halogens is 1. The van der Waals surface area contributed by atoms with E-state index in [0.29, 0.717) is 6.42 Å². The molecule has 112 valence electrons. The Morgan fingerprint density at radius 2 is 2.10 bits per heavy atom. The zero-order chi connectivity index (χ0) is 15.3. The number of carbonyl (C=O) groups is 1. The van der Waals surface area contributed by atoms with Gasteiger partial charge in [-0.3, -0.25) is 0 Å². The minimum absolute atomic E-state index is 0.00439. The van der Waals surface area contributed by atoms with Crippen molar-refractivity contribution in [3.8, 4) is 0 Å². The highest BCUT2D eigenvalue weighted by molar-refractivity contribution is 9.10. The standard InChI is InChI=1S/C15H22BrNO3/c1-10-9-11(5-6-12(10)16)13(7-8-18)17-14(19)20-15(2,3)4/h5-6,9,13,18H,7-8H2,1-4H3,(H,17,19). The Labute approximate surface area is 128 Å². The van der Waals surface area contributed by atoms with Crippen LogP contribution in [0.25, 0.3) is 0 Å². The molecular formula is C15H22BrNO3. The molecule has 0 heterocycles. The fourth-order valence-electron chi connectivity index (χ4n) is 1.79. The summed E-state index contributed by atoms with van der Waals surface area (Å²) in [6, 6.07) is 5.59. The van der Waals surface area contributed by atoms with Crippen LogP contribution in [0.5, 0.6) is 0 Å². The largest absolute Gasteiger partial charge is 0.444 e. The minimum atomic E-state index is -0.538. The smallest absolute Gasteiger partial charge is 0.408 e. The van der Waals surface area contributed by atoms with Crippen LogP contribution in [0.3, 0.4) is 0 Å². The molecule has 1 rings (SSSR count). The van der Waals surface area contributed by atoms with Crippen molar-refractivity contribution in [1.29, 1.82) is 0 Å². The minimum Gasteiger partial charge on any atom is -0.444 e. The molecule has 0 aliphatic heterocycles. The molecule has 0 fully saturated rings. The van der Waals surface area contributed by atoms with E-state index < -0.39 is 11.7 Å². The van der Waals surface area contributed by atoms with Crippen LogP contribution in [0.1, 0.15) is 44.4 Å². The molecule has 0 aliphatic carbocycles. The number of aliphatic hydroxyl groups is 1. The summed E-state index contributed by atoms with van der Waals surface area (Å²) in [7, 11) is 0. The Morgan fingerprint density at radius 1 is 1.45 bits per heavy atom. The SMILES string of the molecule is Cc1cc(C(CCO)NC(=O)OC(C)(C)C)ccc1Br. The van der Waals surface area contributed by atoms with Gasteiger partial charge in [0.05, 0.1) is 6.04 Å². The zero-order valence-corrected chi connectivity index (χ0v) is 14.0. The van der Waals surface area contributed by atoms with E-state index in [-0.39, 0.29) is 12.6 Å². The van der Waals surface area contributed by atoms with Crippen molar-refractivity contribution in [2.45, 2.75) is 45.8 Å². The number of benzene rings is 1. The molecule has 0 bridgehead atoms. The molecule has 1 unspecified atom stereocenters. The first-order chi connectivity index (χ1) is 9.23. The van der Waals surface area contributed by atoms with Crippen molar-refractivity contribution in [3.05, 3.63) is 33.8 Å². The van der Waals surface area contributed by atoms with E-state index in [9.17, 15) is 4.79 Å². The number of alkyl carbamates (subject to hydrolysis) is 1. The Balaban J connectivity index is 2.83. The molecule has 2 N–H and O–H groups in total. The third-order valence-corrected chi connectivity index (χ3v) is 3.58. The van der Waals surface area contributed by atoms with Crippen LogP contribution in [0, 0.1) is 6.92 Å². The van der Waals surface area contributed by atoms with Crippen LogP contribution < -0.4 is 5.32 Å². The Kier molecular flexibility index (Phi) is 6.02. The lowest BCUT2D eigenvalue weighted by atomic mass is 10.0. The van der Waals surface area contributed by atoms with Crippen LogP contribution in [-0.2, 0) is 4.74 Å². The van der Waals surface area contributed by atoms with Crippen molar-refractivity contribution in [1.82, 2.24) is 5.32 Å². The monoisotopic (exact) mass is 343 g/mol. The molecule has 0 radical (unpaired) electrons. The van der Waals surface area contributed by atoms with Gasteiger partial charge in [-0.15, -0.1) is 0 Å². The molecule has 1 aromatic rings. The number of hydrogen-bond acceptors (Lipinski definition) is 3. The van der Waals surface area contributed by atoms with E-state index in [1.165, 1.54) is 0 Å². The maximum Gasteiger partial charge on any atom is 0.408 e. The molecule has 0 saturated heterocycles. The molecule has 0 saturated carbocycles. The lowest BCUT2D eigenvalue weighted by Gasteiger charge is -2.24. The molecule has 1 aromatic carbocycles. The predicted octanol–water partition coefficient (Wildman–Crippen LogP) is 3.71. The normalized spacial score (nSPS) is 12.9. The molecule has 20 heavy (non-hydrogen) atoms. The second-order valence-electron chi connectivity index (χ2n) is 5.72. The van der Waals surface area contributed by atoms with Crippen LogP contribution in [0.2, 0.25) is 0 Å². The summed E-state index contributed by atoms with van der Waals surface area (Å²) in [5.41, 5.74) is 1.49.